The molecule has 0 spiro atoms. The molecular formula is C15H19Cl2N3. The molecule has 2 aromatic rings. The second-order valence-corrected chi connectivity index (χ2v) is 5.45. The molecule has 1 atom stereocenters. The average molecular weight is 312 g/mol. The summed E-state index contributed by atoms with van der Waals surface area (Å²) in [7, 11) is 0. The van der Waals surface area contributed by atoms with E-state index >= 15 is 0 Å². The quantitative estimate of drug-likeness (QED) is 0.896. The maximum Gasteiger partial charge on any atom is 0.0837 e. The molecule has 0 amide bonds. The van der Waals surface area contributed by atoms with E-state index in [1.807, 2.05) is 36.7 Å². The lowest BCUT2D eigenvalue weighted by Gasteiger charge is -2.22. The molecule has 2 rings (SSSR count). The van der Waals surface area contributed by atoms with Gasteiger partial charge in [0.25, 0.3) is 0 Å². The minimum absolute atomic E-state index is 0.0534. The zero-order chi connectivity index (χ0) is 14.7. The predicted octanol–water partition coefficient (Wildman–Crippen LogP) is 4.22. The summed E-state index contributed by atoms with van der Waals surface area (Å²) in [5.74, 6) is 0. The number of halogens is 2. The van der Waals surface area contributed by atoms with Gasteiger partial charge in [-0.05, 0) is 31.5 Å². The molecule has 3 nitrogen and oxygen atoms in total. The van der Waals surface area contributed by atoms with Gasteiger partial charge in [-0.1, -0.05) is 48.3 Å². The summed E-state index contributed by atoms with van der Waals surface area (Å²) in [4.78, 5) is 0. The van der Waals surface area contributed by atoms with Crippen LogP contribution in [0.3, 0.4) is 0 Å². The van der Waals surface area contributed by atoms with Crippen LogP contribution in [-0.4, -0.2) is 16.3 Å². The predicted molar refractivity (Wildman–Crippen MR) is 84.6 cm³/mol. The van der Waals surface area contributed by atoms with Gasteiger partial charge >= 0.3 is 0 Å². The third-order valence-corrected chi connectivity index (χ3v) is 4.15. The topological polar surface area (TPSA) is 29.9 Å². The number of nitrogens with one attached hydrogen (secondary N) is 1. The number of hydrogen-bond donors (Lipinski definition) is 1. The van der Waals surface area contributed by atoms with E-state index in [4.69, 9.17) is 23.2 Å². The molecule has 0 saturated carbocycles. The van der Waals surface area contributed by atoms with Crippen LogP contribution in [0.1, 0.15) is 36.7 Å². The first-order valence-electron chi connectivity index (χ1n) is 6.79. The van der Waals surface area contributed by atoms with E-state index < -0.39 is 0 Å². The summed E-state index contributed by atoms with van der Waals surface area (Å²) in [6.07, 6.45) is 1.69. The summed E-state index contributed by atoms with van der Waals surface area (Å²) in [5, 5.41) is 9.21. The first kappa shape index (κ1) is 15.4. The Morgan fingerprint density at radius 3 is 2.70 bits per heavy atom. The van der Waals surface area contributed by atoms with Gasteiger partial charge in [0.15, 0.2) is 0 Å². The van der Waals surface area contributed by atoms with Crippen LogP contribution in [0.5, 0.6) is 0 Å². The molecule has 0 aliphatic rings. The van der Waals surface area contributed by atoms with E-state index in [9.17, 15) is 0 Å². The molecule has 1 heterocycles. The molecule has 0 bridgehead atoms. The van der Waals surface area contributed by atoms with Gasteiger partial charge in [-0.3, -0.25) is 4.68 Å². The summed E-state index contributed by atoms with van der Waals surface area (Å²) in [6, 6.07) is 6.00. The molecule has 1 aromatic heterocycles. The van der Waals surface area contributed by atoms with Crippen molar-refractivity contribution in [3.05, 3.63) is 51.3 Å². The minimum atomic E-state index is -0.0534. The van der Waals surface area contributed by atoms with Gasteiger partial charge in [-0.15, -0.1) is 0 Å². The standard InChI is InChI=1S/C15H19Cl2N3/c1-4-18-14(11-8-6-7-10(3)13(11)17)15-12(16)9-19-20(15)5-2/h6-9,14,18H,4-5H2,1-3H3. The molecule has 0 fully saturated rings. The Morgan fingerprint density at radius 2 is 2.05 bits per heavy atom. The number of hydrogen-bond acceptors (Lipinski definition) is 2. The fourth-order valence-electron chi connectivity index (χ4n) is 2.36. The zero-order valence-electron chi connectivity index (χ0n) is 12.0. The van der Waals surface area contributed by atoms with Gasteiger partial charge < -0.3 is 5.32 Å². The second-order valence-electron chi connectivity index (χ2n) is 4.66. The van der Waals surface area contributed by atoms with E-state index in [0.29, 0.717) is 5.02 Å². The molecule has 1 aromatic carbocycles. The summed E-state index contributed by atoms with van der Waals surface area (Å²) in [5.41, 5.74) is 3.06. The molecule has 20 heavy (non-hydrogen) atoms. The summed E-state index contributed by atoms with van der Waals surface area (Å²) >= 11 is 12.8. The van der Waals surface area contributed by atoms with Crippen LogP contribution in [0.15, 0.2) is 24.4 Å². The largest absolute Gasteiger partial charge is 0.305 e. The Hall–Kier alpha value is -1.03. The van der Waals surface area contributed by atoms with Gasteiger partial charge in [0.2, 0.25) is 0 Å². The maximum absolute atomic E-state index is 6.48. The number of nitrogens with zero attached hydrogens (tertiary/aromatic N) is 2. The lowest BCUT2D eigenvalue weighted by atomic mass is 10.0. The van der Waals surface area contributed by atoms with Gasteiger partial charge in [0.1, 0.15) is 0 Å². The van der Waals surface area contributed by atoms with Crippen molar-refractivity contribution in [2.45, 2.75) is 33.4 Å². The van der Waals surface area contributed by atoms with E-state index in [1.165, 1.54) is 0 Å². The third kappa shape index (κ3) is 2.85. The van der Waals surface area contributed by atoms with Gasteiger partial charge in [-0.25, -0.2) is 0 Å². The van der Waals surface area contributed by atoms with Crippen LogP contribution in [0.4, 0.5) is 0 Å². The Balaban J connectivity index is 2.56. The highest BCUT2D eigenvalue weighted by molar-refractivity contribution is 6.32. The third-order valence-electron chi connectivity index (χ3n) is 3.35. The zero-order valence-corrected chi connectivity index (χ0v) is 13.5. The van der Waals surface area contributed by atoms with Crippen LogP contribution < -0.4 is 5.32 Å². The van der Waals surface area contributed by atoms with E-state index in [2.05, 4.69) is 17.3 Å². The molecule has 1 N–H and O–H groups in total. The lowest BCUT2D eigenvalue weighted by molar-refractivity contribution is 0.542. The average Bonchev–Trinajstić information content (AvgIpc) is 2.81. The van der Waals surface area contributed by atoms with Crippen molar-refractivity contribution < 1.29 is 0 Å². The first-order chi connectivity index (χ1) is 9.60. The van der Waals surface area contributed by atoms with Gasteiger partial charge in [0, 0.05) is 11.6 Å². The monoisotopic (exact) mass is 311 g/mol. The molecule has 5 heteroatoms. The minimum Gasteiger partial charge on any atom is -0.305 e. The number of benzene rings is 1. The van der Waals surface area contributed by atoms with Crippen LogP contribution >= 0.6 is 23.2 Å². The van der Waals surface area contributed by atoms with Crippen LogP contribution in [0.2, 0.25) is 10.0 Å². The molecular weight excluding hydrogens is 293 g/mol. The molecule has 0 aliphatic carbocycles. The highest BCUT2D eigenvalue weighted by Gasteiger charge is 2.23. The molecule has 108 valence electrons. The highest BCUT2D eigenvalue weighted by Crippen LogP contribution is 2.33. The van der Waals surface area contributed by atoms with Crippen LogP contribution in [0, 0.1) is 6.92 Å². The number of rotatable bonds is 5. The van der Waals surface area contributed by atoms with Crippen molar-refractivity contribution in [2.75, 3.05) is 6.54 Å². The Kier molecular flexibility index (Phi) is 5.08. The first-order valence-corrected chi connectivity index (χ1v) is 7.55. The van der Waals surface area contributed by atoms with Crippen LogP contribution in [0.25, 0.3) is 0 Å². The molecule has 0 aliphatic heterocycles. The molecule has 0 saturated heterocycles. The van der Waals surface area contributed by atoms with Crippen molar-refractivity contribution in [1.29, 1.82) is 0 Å². The maximum atomic E-state index is 6.48. The van der Waals surface area contributed by atoms with E-state index in [0.717, 1.165) is 34.9 Å². The number of aryl methyl sites for hydroxylation is 2. The van der Waals surface area contributed by atoms with E-state index in [-0.39, 0.29) is 6.04 Å². The Bertz CT molecular complexity index is 593. The molecule has 1 unspecified atom stereocenters. The van der Waals surface area contributed by atoms with E-state index in [1.54, 1.807) is 6.20 Å². The fourth-order valence-corrected chi connectivity index (χ4v) is 2.85. The van der Waals surface area contributed by atoms with Crippen molar-refractivity contribution in [3.63, 3.8) is 0 Å². The summed E-state index contributed by atoms with van der Waals surface area (Å²) in [6.45, 7) is 7.71. The van der Waals surface area contributed by atoms with Gasteiger partial charge in [-0.2, -0.15) is 5.10 Å². The smallest absolute Gasteiger partial charge is 0.0837 e. The normalized spacial score (nSPS) is 12.7. The Morgan fingerprint density at radius 1 is 1.30 bits per heavy atom. The number of aromatic nitrogens is 2. The fraction of sp³-hybridized carbons (Fsp3) is 0.400. The van der Waals surface area contributed by atoms with Crippen molar-refractivity contribution in [3.8, 4) is 0 Å². The molecule has 0 radical (unpaired) electrons. The SMILES string of the molecule is CCNC(c1cccc(C)c1Cl)c1c(Cl)cnn1CC. The van der Waals surface area contributed by atoms with Crippen molar-refractivity contribution >= 4 is 23.2 Å². The Labute approximate surface area is 129 Å². The second kappa shape index (κ2) is 6.61. The lowest BCUT2D eigenvalue weighted by Crippen LogP contribution is -2.25. The van der Waals surface area contributed by atoms with Crippen LogP contribution in [-0.2, 0) is 6.54 Å². The van der Waals surface area contributed by atoms with Crippen molar-refractivity contribution in [1.82, 2.24) is 15.1 Å². The summed E-state index contributed by atoms with van der Waals surface area (Å²) < 4.78 is 1.91. The van der Waals surface area contributed by atoms with Crippen molar-refractivity contribution in [2.24, 2.45) is 0 Å². The highest BCUT2D eigenvalue weighted by atomic mass is 35.5. The van der Waals surface area contributed by atoms with Gasteiger partial charge in [0.05, 0.1) is 23.0 Å².